The monoisotopic (exact) mass is 198 g/mol. The number of rotatable bonds is 2. The Labute approximate surface area is 79.8 Å². The van der Waals surface area contributed by atoms with Crippen LogP contribution in [0.2, 0.25) is 0 Å². The summed E-state index contributed by atoms with van der Waals surface area (Å²) in [5.41, 5.74) is 0.00963. The highest BCUT2D eigenvalue weighted by Gasteiger charge is 2.00. The molecule has 0 saturated carbocycles. The van der Waals surface area contributed by atoms with E-state index in [0.717, 1.165) is 30.4 Å². The van der Waals surface area contributed by atoms with Crippen molar-refractivity contribution in [3.05, 3.63) is 41.5 Å². The van der Waals surface area contributed by atoms with Gasteiger partial charge >= 0.3 is 5.97 Å². The number of halogens is 2. The quantitative estimate of drug-likeness (QED) is 0.537. The predicted molar refractivity (Wildman–Crippen MR) is 47.4 cm³/mol. The van der Waals surface area contributed by atoms with Gasteiger partial charge in [-0.05, 0) is 24.3 Å². The minimum absolute atomic E-state index is 0.00963. The molecule has 0 bridgehead atoms. The molecule has 4 heteroatoms. The summed E-state index contributed by atoms with van der Waals surface area (Å²) < 4.78 is 29.9. The zero-order valence-electron chi connectivity index (χ0n) is 7.46. The van der Waals surface area contributed by atoms with Crippen molar-refractivity contribution in [1.82, 2.24) is 0 Å². The molecule has 2 nitrogen and oxygen atoms in total. The molecule has 0 aliphatic rings. The minimum atomic E-state index is -0.617. The molecule has 1 aromatic carbocycles. The Morgan fingerprint density at radius 3 is 2.79 bits per heavy atom. The Balaban J connectivity index is 2.90. The average molecular weight is 198 g/mol. The van der Waals surface area contributed by atoms with Crippen LogP contribution in [-0.4, -0.2) is 13.1 Å². The Morgan fingerprint density at radius 2 is 2.14 bits per heavy atom. The highest BCUT2D eigenvalue weighted by atomic mass is 19.1. The summed E-state index contributed by atoms with van der Waals surface area (Å²) in [5, 5.41) is 0. The van der Waals surface area contributed by atoms with Gasteiger partial charge in [-0.15, -0.1) is 0 Å². The van der Waals surface area contributed by atoms with Crippen molar-refractivity contribution >= 4 is 12.0 Å². The van der Waals surface area contributed by atoms with Gasteiger partial charge in [-0.25, -0.2) is 13.6 Å². The standard InChI is InChI=1S/C10H8F2O2/c1-14-10(13)5-2-7-6-8(11)3-4-9(7)12/h2-6H,1H3/b5-2-. The summed E-state index contributed by atoms with van der Waals surface area (Å²) in [6.45, 7) is 0. The molecule has 14 heavy (non-hydrogen) atoms. The van der Waals surface area contributed by atoms with E-state index in [4.69, 9.17) is 0 Å². The SMILES string of the molecule is COC(=O)/C=C\c1cc(F)ccc1F. The van der Waals surface area contributed by atoms with E-state index in [1.54, 1.807) is 0 Å². The maximum atomic E-state index is 13.0. The Morgan fingerprint density at radius 1 is 1.43 bits per heavy atom. The molecular weight excluding hydrogens is 190 g/mol. The van der Waals surface area contributed by atoms with Gasteiger partial charge in [-0.1, -0.05) is 0 Å². The van der Waals surface area contributed by atoms with Gasteiger partial charge < -0.3 is 4.74 Å². The fourth-order valence-corrected chi connectivity index (χ4v) is 0.868. The molecule has 0 radical (unpaired) electrons. The second kappa shape index (κ2) is 4.50. The average Bonchev–Trinajstić information content (AvgIpc) is 2.19. The summed E-state index contributed by atoms with van der Waals surface area (Å²) in [5.74, 6) is -1.77. The third-order valence-electron chi connectivity index (χ3n) is 1.56. The van der Waals surface area contributed by atoms with Crippen molar-refractivity contribution in [2.45, 2.75) is 0 Å². The van der Waals surface area contributed by atoms with Gasteiger partial charge in [0.25, 0.3) is 0 Å². The smallest absolute Gasteiger partial charge is 0.330 e. The first-order valence-corrected chi connectivity index (χ1v) is 3.84. The van der Waals surface area contributed by atoms with E-state index in [-0.39, 0.29) is 5.56 Å². The second-order valence-corrected chi connectivity index (χ2v) is 2.52. The van der Waals surface area contributed by atoms with Crippen molar-refractivity contribution in [2.75, 3.05) is 7.11 Å². The van der Waals surface area contributed by atoms with Crippen LogP contribution in [0.3, 0.4) is 0 Å². The zero-order valence-corrected chi connectivity index (χ0v) is 7.46. The van der Waals surface area contributed by atoms with Crippen molar-refractivity contribution in [1.29, 1.82) is 0 Å². The second-order valence-electron chi connectivity index (χ2n) is 2.52. The lowest BCUT2D eigenvalue weighted by atomic mass is 10.2. The predicted octanol–water partition coefficient (Wildman–Crippen LogP) is 2.15. The molecule has 0 aliphatic heterocycles. The van der Waals surface area contributed by atoms with Gasteiger partial charge in [0.1, 0.15) is 11.6 Å². The van der Waals surface area contributed by atoms with Crippen LogP contribution in [0, 0.1) is 11.6 Å². The normalized spacial score (nSPS) is 10.5. The van der Waals surface area contributed by atoms with Crippen LogP contribution in [0.1, 0.15) is 5.56 Å². The van der Waals surface area contributed by atoms with Crippen molar-refractivity contribution in [3.63, 3.8) is 0 Å². The molecule has 0 unspecified atom stereocenters. The van der Waals surface area contributed by atoms with Crippen LogP contribution in [-0.2, 0) is 9.53 Å². The third-order valence-corrected chi connectivity index (χ3v) is 1.56. The zero-order chi connectivity index (χ0) is 10.6. The molecule has 0 fully saturated rings. The van der Waals surface area contributed by atoms with Crippen LogP contribution in [0.4, 0.5) is 8.78 Å². The molecule has 74 valence electrons. The Kier molecular flexibility index (Phi) is 3.34. The van der Waals surface area contributed by atoms with E-state index in [1.807, 2.05) is 0 Å². The molecule has 0 amide bonds. The molecule has 0 spiro atoms. The lowest BCUT2D eigenvalue weighted by Crippen LogP contribution is -1.94. The first-order valence-electron chi connectivity index (χ1n) is 3.84. The number of hydrogen-bond donors (Lipinski definition) is 0. The van der Waals surface area contributed by atoms with E-state index in [1.165, 1.54) is 7.11 Å². The molecule has 0 saturated heterocycles. The van der Waals surface area contributed by atoms with Crippen LogP contribution in [0.15, 0.2) is 24.3 Å². The maximum Gasteiger partial charge on any atom is 0.330 e. The first-order chi connectivity index (χ1) is 6.63. The fraction of sp³-hybridized carbons (Fsp3) is 0.100. The number of esters is 1. The summed E-state index contributed by atoms with van der Waals surface area (Å²) in [6, 6.07) is 2.99. The molecule has 0 atom stereocenters. The van der Waals surface area contributed by atoms with Crippen LogP contribution >= 0.6 is 0 Å². The number of hydrogen-bond acceptors (Lipinski definition) is 2. The lowest BCUT2D eigenvalue weighted by molar-refractivity contribution is -0.134. The van der Waals surface area contributed by atoms with E-state index in [0.29, 0.717) is 0 Å². The van der Waals surface area contributed by atoms with Crippen LogP contribution in [0.25, 0.3) is 6.08 Å². The molecule has 0 heterocycles. The van der Waals surface area contributed by atoms with Crippen LogP contribution in [0.5, 0.6) is 0 Å². The first kappa shape index (κ1) is 10.4. The Bertz CT molecular complexity index is 372. The molecule has 0 aromatic heterocycles. The topological polar surface area (TPSA) is 26.3 Å². The van der Waals surface area contributed by atoms with E-state index in [9.17, 15) is 13.6 Å². The largest absolute Gasteiger partial charge is 0.466 e. The highest BCUT2D eigenvalue weighted by molar-refractivity contribution is 5.86. The molecule has 0 N–H and O–H groups in total. The van der Waals surface area contributed by atoms with E-state index >= 15 is 0 Å². The van der Waals surface area contributed by atoms with Crippen molar-refractivity contribution in [3.8, 4) is 0 Å². The minimum Gasteiger partial charge on any atom is -0.466 e. The number of methoxy groups -OCH3 is 1. The summed E-state index contributed by atoms with van der Waals surface area (Å²) in [7, 11) is 1.20. The van der Waals surface area contributed by atoms with Gasteiger partial charge in [0.05, 0.1) is 7.11 Å². The number of carbonyl (C=O) groups excluding carboxylic acids is 1. The molecular formula is C10H8F2O2. The lowest BCUT2D eigenvalue weighted by Gasteiger charge is -1.96. The van der Waals surface area contributed by atoms with Gasteiger partial charge in [-0.2, -0.15) is 0 Å². The number of benzene rings is 1. The maximum absolute atomic E-state index is 13.0. The summed E-state index contributed by atoms with van der Waals surface area (Å²) in [6.07, 6.45) is 2.18. The van der Waals surface area contributed by atoms with E-state index in [2.05, 4.69) is 4.74 Å². The fourth-order valence-electron chi connectivity index (χ4n) is 0.868. The molecule has 1 aromatic rings. The highest BCUT2D eigenvalue weighted by Crippen LogP contribution is 2.11. The molecule has 0 aliphatic carbocycles. The number of carbonyl (C=O) groups is 1. The number of ether oxygens (including phenoxy) is 1. The summed E-state index contributed by atoms with van der Waals surface area (Å²) >= 11 is 0. The van der Waals surface area contributed by atoms with Gasteiger partial charge in [-0.3, -0.25) is 0 Å². The van der Waals surface area contributed by atoms with Crippen LogP contribution < -0.4 is 0 Å². The Hall–Kier alpha value is -1.71. The van der Waals surface area contributed by atoms with Crippen molar-refractivity contribution in [2.24, 2.45) is 0 Å². The van der Waals surface area contributed by atoms with Gasteiger partial charge in [0.15, 0.2) is 0 Å². The van der Waals surface area contributed by atoms with E-state index < -0.39 is 17.6 Å². The summed E-state index contributed by atoms with van der Waals surface area (Å²) in [4.78, 5) is 10.7. The third kappa shape index (κ3) is 2.65. The molecule has 1 rings (SSSR count). The van der Waals surface area contributed by atoms with Crippen molar-refractivity contribution < 1.29 is 18.3 Å². The van der Waals surface area contributed by atoms with Gasteiger partial charge in [0, 0.05) is 11.6 Å². The van der Waals surface area contributed by atoms with Gasteiger partial charge in [0.2, 0.25) is 0 Å².